The number of benzene rings is 3. The third-order valence-corrected chi connectivity index (χ3v) is 7.77. The molecule has 2 heterocycles. The molecule has 0 aliphatic rings. The molecule has 7 nitrogen and oxygen atoms in total. The summed E-state index contributed by atoms with van der Waals surface area (Å²) in [7, 11) is -2.79. The van der Waals surface area contributed by atoms with Crippen molar-refractivity contribution in [1.82, 2.24) is 10.1 Å². The van der Waals surface area contributed by atoms with E-state index in [2.05, 4.69) is 10.1 Å². The molecule has 0 aliphatic carbocycles. The van der Waals surface area contributed by atoms with Crippen molar-refractivity contribution in [3.05, 3.63) is 95.7 Å². The van der Waals surface area contributed by atoms with Crippen molar-refractivity contribution in [2.45, 2.75) is 11.8 Å². The van der Waals surface area contributed by atoms with Crippen molar-refractivity contribution in [3.63, 3.8) is 0 Å². The molecule has 0 N–H and O–H groups in total. The number of pyridine rings is 1. The molecule has 0 unspecified atom stereocenters. The van der Waals surface area contributed by atoms with E-state index in [1.54, 1.807) is 55.7 Å². The number of aryl methyl sites for hydroxylation is 1. The van der Waals surface area contributed by atoms with Crippen LogP contribution >= 0.6 is 11.6 Å². The smallest absolute Gasteiger partial charge is 0.270 e. The van der Waals surface area contributed by atoms with E-state index in [1.165, 1.54) is 37.6 Å². The van der Waals surface area contributed by atoms with Gasteiger partial charge < -0.3 is 9.26 Å². The van der Waals surface area contributed by atoms with E-state index in [4.69, 9.17) is 20.9 Å². The molecule has 182 valence electrons. The Balaban J connectivity index is 1.70. The summed E-state index contributed by atoms with van der Waals surface area (Å²) in [6.07, 6.45) is 4.51. The Morgan fingerprint density at radius 1 is 1.03 bits per heavy atom. The minimum atomic E-state index is -4.21. The van der Waals surface area contributed by atoms with Gasteiger partial charge in [-0.1, -0.05) is 28.9 Å². The first-order chi connectivity index (χ1) is 17.3. The molecule has 0 atom stereocenters. The zero-order valence-corrected chi connectivity index (χ0v) is 20.7. The van der Waals surface area contributed by atoms with Crippen LogP contribution in [0.25, 0.3) is 21.9 Å². The molecule has 0 spiro atoms. The van der Waals surface area contributed by atoms with E-state index in [0.717, 1.165) is 9.69 Å². The summed E-state index contributed by atoms with van der Waals surface area (Å²) in [5, 5.41) is 5.62. The molecule has 5 rings (SSSR count). The Labute approximate surface area is 211 Å². The monoisotopic (exact) mass is 523 g/mol. The second kappa shape index (κ2) is 9.25. The van der Waals surface area contributed by atoms with E-state index in [1.807, 2.05) is 0 Å². The van der Waals surface area contributed by atoms with Crippen molar-refractivity contribution in [2.75, 3.05) is 11.4 Å². The predicted molar refractivity (Wildman–Crippen MR) is 136 cm³/mol. The van der Waals surface area contributed by atoms with E-state index in [0.29, 0.717) is 22.1 Å². The van der Waals surface area contributed by atoms with Crippen LogP contribution in [0, 0.1) is 12.7 Å². The molecule has 0 amide bonds. The van der Waals surface area contributed by atoms with Crippen molar-refractivity contribution in [3.8, 4) is 16.9 Å². The Morgan fingerprint density at radius 3 is 2.58 bits per heavy atom. The minimum Gasteiger partial charge on any atom is -0.495 e. The first-order valence-corrected chi connectivity index (χ1v) is 12.5. The van der Waals surface area contributed by atoms with Gasteiger partial charge in [0, 0.05) is 29.4 Å². The number of anilines is 2. The lowest BCUT2D eigenvalue weighted by atomic mass is 10.0. The third kappa shape index (κ3) is 4.16. The van der Waals surface area contributed by atoms with Crippen LogP contribution < -0.4 is 9.04 Å². The molecule has 10 heteroatoms. The van der Waals surface area contributed by atoms with Crippen LogP contribution in [-0.4, -0.2) is 25.7 Å². The van der Waals surface area contributed by atoms with Crippen molar-refractivity contribution >= 4 is 43.9 Å². The number of aromatic nitrogens is 2. The second-order valence-corrected chi connectivity index (χ2v) is 10.2. The maximum absolute atomic E-state index is 14.0. The predicted octanol–water partition coefficient (Wildman–Crippen LogP) is 6.53. The number of rotatable bonds is 6. The van der Waals surface area contributed by atoms with Gasteiger partial charge in [0.2, 0.25) is 0 Å². The van der Waals surface area contributed by atoms with E-state index >= 15 is 0 Å². The number of fused-ring (bicyclic) bond motifs is 1. The Kier molecular flexibility index (Phi) is 6.11. The molecule has 0 bridgehead atoms. The summed E-state index contributed by atoms with van der Waals surface area (Å²) in [5.74, 6) is -0.106. The largest absolute Gasteiger partial charge is 0.495 e. The summed E-state index contributed by atoms with van der Waals surface area (Å²) in [5.41, 5.74) is 1.79. The first-order valence-electron chi connectivity index (χ1n) is 10.7. The fraction of sp³-hybridized carbons (Fsp3) is 0.0769. The molecule has 3 aromatic carbocycles. The van der Waals surface area contributed by atoms with Gasteiger partial charge in [0.05, 0.1) is 17.0 Å². The molecule has 36 heavy (non-hydrogen) atoms. The maximum atomic E-state index is 14.0. The molecule has 0 radical (unpaired) electrons. The Bertz CT molecular complexity index is 1690. The first kappa shape index (κ1) is 23.8. The van der Waals surface area contributed by atoms with Crippen LogP contribution in [0.1, 0.15) is 5.56 Å². The van der Waals surface area contributed by atoms with Crippen LogP contribution in [0.5, 0.6) is 5.75 Å². The SMILES string of the molecule is COc1cc(-c2ccc(F)c(C)c2)c(Cl)cc1N(c1ccon1)S(=O)(=O)c1ccc2cnccc2c1. The van der Waals surface area contributed by atoms with E-state index < -0.39 is 10.0 Å². The summed E-state index contributed by atoms with van der Waals surface area (Å²) >= 11 is 6.64. The number of methoxy groups -OCH3 is 1. The van der Waals surface area contributed by atoms with E-state index in [9.17, 15) is 12.8 Å². The average Bonchev–Trinajstić information content (AvgIpc) is 3.40. The van der Waals surface area contributed by atoms with Crippen molar-refractivity contribution < 1.29 is 22.1 Å². The Hall–Kier alpha value is -3.95. The van der Waals surface area contributed by atoms with Crippen LogP contribution in [0.15, 0.2) is 88.7 Å². The van der Waals surface area contributed by atoms with Gasteiger partial charge in [-0.05, 0) is 65.9 Å². The molecular formula is C26H19ClFN3O4S. The fourth-order valence-corrected chi connectivity index (χ4v) is 5.65. The van der Waals surface area contributed by atoms with Gasteiger partial charge in [0.15, 0.2) is 5.82 Å². The standard InChI is InChI=1S/C26H19ClFN3O4S/c1-16-11-18(4-6-23(16)28)21-13-25(34-2)24(14-22(21)27)31(26-8-10-35-30-26)36(32,33)20-5-3-19-15-29-9-7-17(19)12-20/h3-15H,1-2H3. The molecule has 0 saturated heterocycles. The number of ether oxygens (including phenoxy) is 1. The fourth-order valence-electron chi connectivity index (χ4n) is 3.91. The Morgan fingerprint density at radius 2 is 1.86 bits per heavy atom. The highest BCUT2D eigenvalue weighted by Gasteiger charge is 2.32. The van der Waals surface area contributed by atoms with Gasteiger partial charge in [-0.2, -0.15) is 0 Å². The van der Waals surface area contributed by atoms with Gasteiger partial charge in [0.1, 0.15) is 23.5 Å². The van der Waals surface area contributed by atoms with Crippen molar-refractivity contribution in [2.24, 2.45) is 0 Å². The molecule has 2 aromatic heterocycles. The summed E-state index contributed by atoms with van der Waals surface area (Å²) in [6, 6.07) is 15.6. The van der Waals surface area contributed by atoms with Crippen LogP contribution in [0.2, 0.25) is 5.02 Å². The number of sulfonamides is 1. The number of halogens is 2. The maximum Gasteiger partial charge on any atom is 0.270 e. The highest BCUT2D eigenvalue weighted by atomic mass is 35.5. The van der Waals surface area contributed by atoms with Crippen molar-refractivity contribution in [1.29, 1.82) is 0 Å². The average molecular weight is 524 g/mol. The van der Waals surface area contributed by atoms with Crippen LogP contribution in [-0.2, 0) is 10.0 Å². The van der Waals surface area contributed by atoms with E-state index in [-0.39, 0.29) is 33.0 Å². The lowest BCUT2D eigenvalue weighted by Gasteiger charge is -2.25. The summed E-state index contributed by atoms with van der Waals surface area (Å²) in [4.78, 5) is 4.10. The minimum absolute atomic E-state index is 0.0181. The second-order valence-electron chi connectivity index (χ2n) is 7.98. The quantitative estimate of drug-likeness (QED) is 0.251. The summed E-state index contributed by atoms with van der Waals surface area (Å²) in [6.45, 7) is 1.65. The molecule has 0 fully saturated rings. The van der Waals surface area contributed by atoms with Gasteiger partial charge in [0.25, 0.3) is 10.0 Å². The molecule has 0 aliphatic heterocycles. The molecular weight excluding hydrogens is 505 g/mol. The lowest BCUT2D eigenvalue weighted by Crippen LogP contribution is -2.27. The van der Waals surface area contributed by atoms with Crippen LogP contribution in [0.3, 0.4) is 0 Å². The topological polar surface area (TPSA) is 85.5 Å². The number of nitrogens with zero attached hydrogens (tertiary/aromatic N) is 3. The zero-order valence-electron chi connectivity index (χ0n) is 19.1. The third-order valence-electron chi connectivity index (χ3n) is 5.74. The van der Waals surface area contributed by atoms with Gasteiger partial charge >= 0.3 is 0 Å². The number of hydrogen-bond donors (Lipinski definition) is 0. The highest BCUT2D eigenvalue weighted by molar-refractivity contribution is 7.93. The lowest BCUT2D eigenvalue weighted by molar-refractivity contribution is 0.414. The molecule has 0 saturated carbocycles. The normalized spacial score (nSPS) is 11.6. The van der Waals surface area contributed by atoms with Crippen LogP contribution in [0.4, 0.5) is 15.9 Å². The summed E-state index contributed by atoms with van der Waals surface area (Å²) < 4.78 is 53.4. The van der Waals surface area contributed by atoms with Gasteiger partial charge in [-0.3, -0.25) is 4.98 Å². The molecule has 5 aromatic rings. The number of hydrogen-bond acceptors (Lipinski definition) is 6. The zero-order chi connectivity index (χ0) is 25.4. The highest BCUT2D eigenvalue weighted by Crippen LogP contribution is 2.43. The van der Waals surface area contributed by atoms with Gasteiger partial charge in [-0.25, -0.2) is 17.1 Å². The van der Waals surface area contributed by atoms with Gasteiger partial charge in [-0.15, -0.1) is 0 Å².